The summed E-state index contributed by atoms with van der Waals surface area (Å²) in [6.45, 7) is 4.79. The minimum absolute atomic E-state index is 0.0291. The van der Waals surface area contributed by atoms with Gasteiger partial charge in [-0.3, -0.25) is 9.78 Å². The van der Waals surface area contributed by atoms with Crippen molar-refractivity contribution in [2.45, 2.75) is 82.2 Å². The van der Waals surface area contributed by atoms with E-state index in [2.05, 4.69) is 32.5 Å². The number of anilines is 1. The van der Waals surface area contributed by atoms with Crippen molar-refractivity contribution in [1.29, 1.82) is 0 Å². The number of nitrogens with zero attached hydrogens (tertiary/aromatic N) is 4. The fourth-order valence-electron chi connectivity index (χ4n) is 6.25. The molecular formula is C33H41F3N6O2. The van der Waals surface area contributed by atoms with Gasteiger partial charge in [0.2, 0.25) is 5.91 Å². The quantitative estimate of drug-likeness (QED) is 0.311. The van der Waals surface area contributed by atoms with Crippen molar-refractivity contribution in [3.63, 3.8) is 0 Å². The summed E-state index contributed by atoms with van der Waals surface area (Å²) in [5.41, 5.74) is 0.631. The Labute approximate surface area is 256 Å². The molecule has 1 saturated heterocycles. The number of nitrogens with one attached hydrogen (secondary N) is 2. The van der Waals surface area contributed by atoms with Crippen LogP contribution in [0.2, 0.25) is 0 Å². The molecule has 2 saturated carbocycles. The lowest BCUT2D eigenvalue weighted by Crippen LogP contribution is -2.45. The highest BCUT2D eigenvalue weighted by Gasteiger charge is 2.38. The Morgan fingerprint density at radius 1 is 1.00 bits per heavy atom. The van der Waals surface area contributed by atoms with Crippen LogP contribution in [0, 0.1) is 5.92 Å². The highest BCUT2D eigenvalue weighted by atomic mass is 19.4. The van der Waals surface area contributed by atoms with Crippen LogP contribution in [-0.2, 0) is 16.6 Å². The molecule has 44 heavy (non-hydrogen) atoms. The van der Waals surface area contributed by atoms with Crippen LogP contribution in [0.1, 0.15) is 69.5 Å². The molecule has 1 aromatic carbocycles. The molecule has 3 aliphatic rings. The minimum atomic E-state index is -4.33. The summed E-state index contributed by atoms with van der Waals surface area (Å²) in [6.07, 6.45) is 7.86. The fraction of sp³-hybridized carbons (Fsp3) is 0.515. The van der Waals surface area contributed by atoms with Crippen LogP contribution < -0.4 is 10.6 Å². The topological polar surface area (TPSA) is 103 Å². The third kappa shape index (κ3) is 7.92. The number of likely N-dealkylation sites (tertiary alicyclic amines) is 1. The molecule has 8 nitrogen and oxygen atoms in total. The van der Waals surface area contributed by atoms with Gasteiger partial charge in [0, 0.05) is 60.9 Å². The molecule has 3 heterocycles. The minimum Gasteiger partial charge on any atom is -0.384 e. The molecule has 11 heteroatoms. The zero-order valence-electron chi connectivity index (χ0n) is 25.1. The van der Waals surface area contributed by atoms with Gasteiger partial charge in [0.15, 0.2) is 5.82 Å². The Hall–Kier alpha value is -3.57. The van der Waals surface area contributed by atoms with Gasteiger partial charge in [-0.2, -0.15) is 13.2 Å². The van der Waals surface area contributed by atoms with Crippen LogP contribution in [0.25, 0.3) is 11.4 Å². The maximum absolute atomic E-state index is 12.7. The first-order valence-corrected chi connectivity index (χ1v) is 15.6. The summed E-state index contributed by atoms with van der Waals surface area (Å²) in [5, 5.41) is 17.4. The second-order valence-corrected chi connectivity index (χ2v) is 12.0. The van der Waals surface area contributed by atoms with Crippen molar-refractivity contribution in [2.75, 3.05) is 25.0 Å². The standard InChI is InChI=1S/C17H22N4O.C16H19F3N2O/c1-2-18-14-6-8-17(22,9-7-14)15-5-4-13(12-21-15)16-19-10-3-11-20-16;17-16(18,19)12-4-3-5-13(10-12)20-14-8-11(9-14)15(22)21-6-1-2-7-21/h3-5,10-12,14,18,22H,2,6-9H2,1H3;3-5,10-11,14,20H,1-2,6-9H2. The number of aliphatic hydroxyl groups is 1. The molecule has 6 rings (SSSR count). The van der Waals surface area contributed by atoms with Crippen molar-refractivity contribution in [1.82, 2.24) is 25.2 Å². The Morgan fingerprint density at radius 2 is 1.70 bits per heavy atom. The van der Waals surface area contributed by atoms with E-state index in [4.69, 9.17) is 0 Å². The Bertz CT molecular complexity index is 1350. The number of alkyl halides is 3. The molecule has 1 amide bonds. The van der Waals surface area contributed by atoms with E-state index in [0.29, 0.717) is 30.4 Å². The number of rotatable bonds is 7. The molecular weight excluding hydrogens is 569 g/mol. The average molecular weight is 611 g/mol. The maximum Gasteiger partial charge on any atom is 0.416 e. The zero-order valence-corrected chi connectivity index (χ0v) is 25.1. The summed E-state index contributed by atoms with van der Waals surface area (Å²) in [4.78, 5) is 27.0. The predicted molar refractivity (Wildman–Crippen MR) is 162 cm³/mol. The van der Waals surface area contributed by atoms with E-state index in [9.17, 15) is 23.1 Å². The van der Waals surface area contributed by atoms with Crippen molar-refractivity contribution in [3.05, 3.63) is 72.3 Å². The molecule has 0 atom stereocenters. The number of carbonyl (C=O) groups is 1. The van der Waals surface area contributed by atoms with E-state index >= 15 is 0 Å². The van der Waals surface area contributed by atoms with Gasteiger partial charge in [-0.25, -0.2) is 9.97 Å². The molecule has 0 bridgehead atoms. The Kier molecular flexibility index (Phi) is 10.2. The van der Waals surface area contributed by atoms with Gasteiger partial charge >= 0.3 is 6.18 Å². The van der Waals surface area contributed by atoms with E-state index in [1.165, 1.54) is 6.07 Å². The third-order valence-corrected chi connectivity index (χ3v) is 8.84. The van der Waals surface area contributed by atoms with Gasteiger partial charge in [0.1, 0.15) is 5.60 Å². The fourth-order valence-corrected chi connectivity index (χ4v) is 6.25. The second kappa shape index (κ2) is 14.0. The molecule has 0 unspecified atom stereocenters. The summed E-state index contributed by atoms with van der Waals surface area (Å²) >= 11 is 0. The summed E-state index contributed by atoms with van der Waals surface area (Å²) in [5.74, 6) is 0.894. The van der Waals surface area contributed by atoms with Crippen molar-refractivity contribution < 1.29 is 23.1 Å². The highest BCUT2D eigenvalue weighted by molar-refractivity contribution is 5.80. The molecule has 3 aromatic rings. The molecule has 1 aliphatic heterocycles. The smallest absolute Gasteiger partial charge is 0.384 e. The van der Waals surface area contributed by atoms with E-state index in [1.54, 1.807) is 30.7 Å². The van der Waals surface area contributed by atoms with Gasteiger partial charge in [0.05, 0.1) is 11.3 Å². The van der Waals surface area contributed by atoms with E-state index in [1.807, 2.05) is 17.0 Å². The number of carbonyl (C=O) groups excluding carboxylic acids is 1. The molecule has 2 aromatic heterocycles. The highest BCUT2D eigenvalue weighted by Crippen LogP contribution is 2.37. The molecule has 0 spiro atoms. The summed E-state index contributed by atoms with van der Waals surface area (Å²) < 4.78 is 38.0. The van der Waals surface area contributed by atoms with E-state index in [0.717, 1.165) is 81.5 Å². The van der Waals surface area contributed by atoms with Crippen molar-refractivity contribution >= 4 is 11.6 Å². The van der Waals surface area contributed by atoms with Crippen LogP contribution in [0.5, 0.6) is 0 Å². The normalized spacial score (nSPS) is 25.0. The number of aromatic nitrogens is 3. The lowest BCUT2D eigenvalue weighted by atomic mass is 9.79. The first-order chi connectivity index (χ1) is 21.1. The number of halogens is 3. The van der Waals surface area contributed by atoms with Crippen LogP contribution in [0.3, 0.4) is 0 Å². The lowest BCUT2D eigenvalue weighted by molar-refractivity contribution is -0.138. The number of amides is 1. The predicted octanol–water partition coefficient (Wildman–Crippen LogP) is 5.80. The maximum atomic E-state index is 12.7. The van der Waals surface area contributed by atoms with Gasteiger partial charge in [0.25, 0.3) is 0 Å². The average Bonchev–Trinajstić information content (AvgIpc) is 3.56. The first-order valence-electron chi connectivity index (χ1n) is 15.6. The van der Waals surface area contributed by atoms with Gasteiger partial charge in [-0.15, -0.1) is 0 Å². The van der Waals surface area contributed by atoms with Crippen molar-refractivity contribution in [3.8, 4) is 11.4 Å². The SMILES string of the molecule is CCNC1CCC(O)(c2ccc(-c3ncccn3)cn2)CC1.O=C(C1CC(Nc2cccc(C(F)(F)F)c2)C1)N1CCCC1. The molecule has 3 N–H and O–H groups in total. The van der Waals surface area contributed by atoms with Crippen LogP contribution in [0.15, 0.2) is 61.1 Å². The second-order valence-electron chi connectivity index (χ2n) is 12.0. The number of pyridine rings is 1. The van der Waals surface area contributed by atoms with Gasteiger partial charge < -0.3 is 20.6 Å². The molecule has 2 aliphatic carbocycles. The Morgan fingerprint density at radius 3 is 2.32 bits per heavy atom. The first kappa shape index (κ1) is 31.8. The van der Waals surface area contributed by atoms with Crippen LogP contribution in [-0.4, -0.2) is 62.6 Å². The number of hydrogen-bond donors (Lipinski definition) is 3. The van der Waals surface area contributed by atoms with Gasteiger partial charge in [-0.05, 0) is 94.3 Å². The largest absolute Gasteiger partial charge is 0.416 e. The molecule has 236 valence electrons. The number of benzene rings is 1. The summed E-state index contributed by atoms with van der Waals surface area (Å²) in [7, 11) is 0. The third-order valence-electron chi connectivity index (χ3n) is 8.84. The van der Waals surface area contributed by atoms with E-state index < -0.39 is 17.3 Å². The van der Waals surface area contributed by atoms with Crippen molar-refractivity contribution in [2.24, 2.45) is 5.92 Å². The lowest BCUT2D eigenvalue weighted by Gasteiger charge is -2.37. The van der Waals surface area contributed by atoms with E-state index in [-0.39, 0.29) is 17.9 Å². The molecule has 3 fully saturated rings. The zero-order chi connectivity index (χ0) is 31.2. The molecule has 0 radical (unpaired) electrons. The monoisotopic (exact) mass is 610 g/mol. The summed E-state index contributed by atoms with van der Waals surface area (Å²) in [6, 6.07) is 11.4. The van der Waals surface area contributed by atoms with Crippen LogP contribution in [0.4, 0.5) is 18.9 Å². The van der Waals surface area contributed by atoms with Crippen LogP contribution >= 0.6 is 0 Å². The Balaban J connectivity index is 0.000000175. The van der Waals surface area contributed by atoms with Gasteiger partial charge in [-0.1, -0.05) is 13.0 Å². The number of hydrogen-bond acceptors (Lipinski definition) is 7.